The molecular formula is C15H24FN3O. The lowest BCUT2D eigenvalue weighted by molar-refractivity contribution is 0.241. The number of halogens is 1. The second-order valence-corrected chi connectivity index (χ2v) is 4.97. The average molecular weight is 281 g/mol. The van der Waals surface area contributed by atoms with E-state index >= 15 is 0 Å². The predicted molar refractivity (Wildman–Crippen MR) is 80.1 cm³/mol. The summed E-state index contributed by atoms with van der Waals surface area (Å²) in [7, 11) is 1.91. The van der Waals surface area contributed by atoms with Gasteiger partial charge < -0.3 is 15.3 Å². The fraction of sp³-hybridized carbons (Fsp3) is 0.533. The molecule has 1 aromatic carbocycles. The summed E-state index contributed by atoms with van der Waals surface area (Å²) in [6.07, 6.45) is 0. The number of guanidine groups is 1. The molecule has 0 aromatic heterocycles. The smallest absolute Gasteiger partial charge is 0.193 e. The molecule has 0 saturated heterocycles. The van der Waals surface area contributed by atoms with Crippen LogP contribution in [0.2, 0.25) is 0 Å². The summed E-state index contributed by atoms with van der Waals surface area (Å²) in [5, 5.41) is 12.2. The van der Waals surface area contributed by atoms with Gasteiger partial charge in [0.1, 0.15) is 5.82 Å². The molecule has 0 aliphatic carbocycles. The van der Waals surface area contributed by atoms with Crippen LogP contribution in [0.3, 0.4) is 0 Å². The van der Waals surface area contributed by atoms with Crippen LogP contribution in [-0.2, 0) is 6.54 Å². The maximum Gasteiger partial charge on any atom is 0.193 e. The summed E-state index contributed by atoms with van der Waals surface area (Å²) in [5.74, 6) is 0.662. The van der Waals surface area contributed by atoms with Crippen LogP contribution >= 0.6 is 0 Å². The van der Waals surface area contributed by atoms with E-state index in [1.54, 1.807) is 6.07 Å². The van der Waals surface area contributed by atoms with Crippen molar-refractivity contribution in [2.45, 2.75) is 20.4 Å². The Hall–Kier alpha value is -1.62. The average Bonchev–Trinajstić information content (AvgIpc) is 2.42. The Morgan fingerprint density at radius 2 is 2.25 bits per heavy atom. The number of aliphatic imine (C=N–C) groups is 1. The third kappa shape index (κ3) is 5.57. The van der Waals surface area contributed by atoms with Crippen molar-refractivity contribution in [3.05, 3.63) is 35.6 Å². The van der Waals surface area contributed by atoms with Crippen molar-refractivity contribution in [2.24, 2.45) is 10.9 Å². The van der Waals surface area contributed by atoms with Gasteiger partial charge in [-0.05, 0) is 30.5 Å². The lowest BCUT2D eigenvalue weighted by Crippen LogP contribution is -2.38. The van der Waals surface area contributed by atoms with E-state index < -0.39 is 0 Å². The summed E-state index contributed by atoms with van der Waals surface area (Å²) in [6.45, 7) is 5.97. The fourth-order valence-electron chi connectivity index (χ4n) is 1.75. The zero-order chi connectivity index (χ0) is 15.0. The largest absolute Gasteiger partial charge is 0.396 e. The van der Waals surface area contributed by atoms with Crippen LogP contribution in [0, 0.1) is 11.7 Å². The summed E-state index contributed by atoms with van der Waals surface area (Å²) < 4.78 is 13.2. The van der Waals surface area contributed by atoms with Gasteiger partial charge in [-0.15, -0.1) is 0 Å². The van der Waals surface area contributed by atoms with Gasteiger partial charge in [-0.3, -0.25) is 4.99 Å². The van der Waals surface area contributed by atoms with Gasteiger partial charge in [0.2, 0.25) is 0 Å². The summed E-state index contributed by atoms with van der Waals surface area (Å²) >= 11 is 0. The first-order valence-corrected chi connectivity index (χ1v) is 6.91. The third-order valence-corrected chi connectivity index (χ3v) is 2.87. The molecule has 0 radical (unpaired) electrons. The molecule has 1 unspecified atom stereocenters. The molecule has 0 fully saturated rings. The van der Waals surface area contributed by atoms with Crippen molar-refractivity contribution in [1.29, 1.82) is 0 Å². The van der Waals surface area contributed by atoms with Crippen LogP contribution < -0.4 is 5.32 Å². The second-order valence-electron chi connectivity index (χ2n) is 4.97. The number of rotatable bonds is 6. The van der Waals surface area contributed by atoms with Crippen LogP contribution in [0.1, 0.15) is 19.4 Å². The number of hydrogen-bond acceptors (Lipinski definition) is 2. The molecule has 4 nitrogen and oxygen atoms in total. The maximum atomic E-state index is 13.2. The summed E-state index contributed by atoms with van der Waals surface area (Å²) in [4.78, 5) is 6.43. The van der Waals surface area contributed by atoms with Crippen molar-refractivity contribution in [3.8, 4) is 0 Å². The quantitative estimate of drug-likeness (QED) is 0.618. The van der Waals surface area contributed by atoms with Gasteiger partial charge in [0.25, 0.3) is 0 Å². The Bertz CT molecular complexity index is 437. The molecule has 1 rings (SSSR count). The van der Waals surface area contributed by atoms with Gasteiger partial charge >= 0.3 is 0 Å². The van der Waals surface area contributed by atoms with Crippen LogP contribution in [0.4, 0.5) is 4.39 Å². The number of benzene rings is 1. The minimum Gasteiger partial charge on any atom is -0.396 e. The highest BCUT2D eigenvalue weighted by atomic mass is 19.1. The van der Waals surface area contributed by atoms with Crippen LogP contribution in [0.15, 0.2) is 29.3 Å². The van der Waals surface area contributed by atoms with E-state index in [4.69, 9.17) is 5.11 Å². The molecule has 0 aliphatic heterocycles. The lowest BCUT2D eigenvalue weighted by Gasteiger charge is -2.22. The molecule has 0 aliphatic rings. The van der Waals surface area contributed by atoms with Gasteiger partial charge in [0, 0.05) is 33.3 Å². The molecule has 0 amide bonds. The zero-order valence-electron chi connectivity index (χ0n) is 12.4. The molecule has 0 saturated carbocycles. The second kappa shape index (κ2) is 8.53. The highest BCUT2D eigenvalue weighted by Crippen LogP contribution is 2.06. The molecule has 1 atom stereocenters. The lowest BCUT2D eigenvalue weighted by atomic mass is 10.2. The number of nitrogens with zero attached hydrogens (tertiary/aromatic N) is 2. The van der Waals surface area contributed by atoms with E-state index in [1.165, 1.54) is 12.1 Å². The Labute approximate surface area is 120 Å². The topological polar surface area (TPSA) is 47.9 Å². The Balaban J connectivity index is 2.70. The molecule has 0 spiro atoms. The van der Waals surface area contributed by atoms with Crippen molar-refractivity contribution < 1.29 is 9.50 Å². The summed E-state index contributed by atoms with van der Waals surface area (Å²) in [6, 6.07) is 6.55. The van der Waals surface area contributed by atoms with E-state index in [2.05, 4.69) is 10.3 Å². The SMILES string of the molecule is CCNC(=NCC(C)CO)N(C)Cc1cccc(F)c1. The normalized spacial score (nSPS) is 13.2. The Morgan fingerprint density at radius 1 is 1.50 bits per heavy atom. The molecular weight excluding hydrogens is 257 g/mol. The minimum atomic E-state index is -0.230. The number of aliphatic hydroxyl groups is 1. The molecule has 112 valence electrons. The van der Waals surface area contributed by atoms with E-state index in [0.29, 0.717) is 13.1 Å². The van der Waals surface area contributed by atoms with Gasteiger partial charge in [-0.25, -0.2) is 4.39 Å². The number of nitrogens with one attached hydrogen (secondary N) is 1. The molecule has 0 bridgehead atoms. The Morgan fingerprint density at radius 3 is 2.85 bits per heavy atom. The standard InChI is InChI=1S/C15H24FN3O/c1-4-17-15(18-9-12(2)11-20)19(3)10-13-6-5-7-14(16)8-13/h5-8,12,20H,4,9-11H2,1-3H3,(H,17,18). The molecule has 20 heavy (non-hydrogen) atoms. The van der Waals surface area contributed by atoms with Crippen molar-refractivity contribution in [1.82, 2.24) is 10.2 Å². The van der Waals surface area contributed by atoms with E-state index in [9.17, 15) is 4.39 Å². The zero-order valence-corrected chi connectivity index (χ0v) is 12.4. The Kier molecular flexibility index (Phi) is 7.01. The minimum absolute atomic E-state index is 0.122. The van der Waals surface area contributed by atoms with E-state index in [0.717, 1.165) is 18.1 Å². The molecule has 2 N–H and O–H groups in total. The molecule has 5 heteroatoms. The van der Waals surface area contributed by atoms with Crippen molar-refractivity contribution in [2.75, 3.05) is 26.7 Å². The maximum absolute atomic E-state index is 13.2. The molecule has 0 heterocycles. The first-order valence-electron chi connectivity index (χ1n) is 6.91. The monoisotopic (exact) mass is 281 g/mol. The molecule has 1 aromatic rings. The van der Waals surface area contributed by atoms with Gasteiger partial charge in [0.05, 0.1) is 0 Å². The highest BCUT2D eigenvalue weighted by Gasteiger charge is 2.08. The van der Waals surface area contributed by atoms with E-state index in [-0.39, 0.29) is 18.3 Å². The fourth-order valence-corrected chi connectivity index (χ4v) is 1.75. The van der Waals surface area contributed by atoms with Gasteiger partial charge in [-0.1, -0.05) is 19.1 Å². The van der Waals surface area contributed by atoms with E-state index in [1.807, 2.05) is 31.9 Å². The van der Waals surface area contributed by atoms with Crippen LogP contribution in [0.25, 0.3) is 0 Å². The number of aliphatic hydroxyl groups excluding tert-OH is 1. The van der Waals surface area contributed by atoms with Crippen molar-refractivity contribution >= 4 is 5.96 Å². The van der Waals surface area contributed by atoms with Gasteiger partial charge in [-0.2, -0.15) is 0 Å². The van der Waals surface area contributed by atoms with Crippen molar-refractivity contribution in [3.63, 3.8) is 0 Å². The predicted octanol–water partition coefficient (Wildman–Crippen LogP) is 1.85. The van der Waals surface area contributed by atoms with Crippen LogP contribution in [-0.4, -0.2) is 42.7 Å². The summed E-state index contributed by atoms with van der Waals surface area (Å²) in [5.41, 5.74) is 0.897. The highest BCUT2D eigenvalue weighted by molar-refractivity contribution is 5.79. The first kappa shape index (κ1) is 16.4. The first-order chi connectivity index (χ1) is 9.56. The van der Waals surface area contributed by atoms with Crippen LogP contribution in [0.5, 0.6) is 0 Å². The van der Waals surface area contributed by atoms with Gasteiger partial charge in [0.15, 0.2) is 5.96 Å². The third-order valence-electron chi connectivity index (χ3n) is 2.87. The number of hydrogen-bond donors (Lipinski definition) is 2.